The maximum atomic E-state index is 11.1. The molecule has 2 aromatic rings. The summed E-state index contributed by atoms with van der Waals surface area (Å²) in [6.45, 7) is 2.28. The van der Waals surface area contributed by atoms with E-state index in [4.69, 9.17) is 5.11 Å². The number of aromatic nitrogens is 1. The van der Waals surface area contributed by atoms with Crippen LogP contribution in [-0.2, 0) is 6.42 Å². The van der Waals surface area contributed by atoms with Gasteiger partial charge in [-0.3, -0.25) is 0 Å². The number of fused-ring (bicyclic) bond motifs is 1. The number of aryl methyl sites for hydroxylation is 1. The zero-order valence-corrected chi connectivity index (χ0v) is 19.2. The Balaban J connectivity index is 1.41. The second-order valence-corrected chi connectivity index (χ2v) is 8.96. The fourth-order valence-electron chi connectivity index (χ4n) is 4.32. The number of hydrogen-bond donors (Lipinski definition) is 2. The van der Waals surface area contributed by atoms with E-state index in [0.717, 1.165) is 17.3 Å². The molecular weight excluding hydrogens is 370 g/mol. The van der Waals surface area contributed by atoms with E-state index in [1.165, 1.54) is 108 Å². The third kappa shape index (κ3) is 9.82. The number of aromatic carboxylic acids is 1. The number of benzene rings is 1. The van der Waals surface area contributed by atoms with Gasteiger partial charge in [-0.15, -0.1) is 0 Å². The Kier molecular flexibility index (Phi) is 12.3. The lowest BCUT2D eigenvalue weighted by molar-refractivity contribution is 0.0697. The molecule has 0 atom stereocenters. The summed E-state index contributed by atoms with van der Waals surface area (Å²) in [5.41, 5.74) is 2.50. The number of carboxylic acids is 1. The van der Waals surface area contributed by atoms with Crippen molar-refractivity contribution in [3.05, 3.63) is 35.5 Å². The number of rotatable bonds is 18. The van der Waals surface area contributed by atoms with Gasteiger partial charge in [0.05, 0.1) is 5.56 Å². The van der Waals surface area contributed by atoms with Crippen molar-refractivity contribution in [3.63, 3.8) is 0 Å². The van der Waals surface area contributed by atoms with Gasteiger partial charge in [-0.05, 0) is 36.4 Å². The first-order valence-corrected chi connectivity index (χ1v) is 12.6. The van der Waals surface area contributed by atoms with E-state index in [2.05, 4.69) is 18.0 Å². The fraction of sp³-hybridized carbons (Fsp3) is 0.667. The minimum absolute atomic E-state index is 0.346. The van der Waals surface area contributed by atoms with Crippen molar-refractivity contribution in [2.24, 2.45) is 0 Å². The molecule has 2 N–H and O–H groups in total. The lowest BCUT2D eigenvalue weighted by Gasteiger charge is -2.03. The summed E-state index contributed by atoms with van der Waals surface area (Å²) in [7, 11) is 0. The molecule has 0 bridgehead atoms. The van der Waals surface area contributed by atoms with Crippen LogP contribution in [0.1, 0.15) is 126 Å². The Hall–Kier alpha value is -1.77. The summed E-state index contributed by atoms with van der Waals surface area (Å²) in [6.07, 6.45) is 23.3. The molecule has 0 aliphatic carbocycles. The first kappa shape index (κ1) is 24.5. The minimum atomic E-state index is -0.870. The van der Waals surface area contributed by atoms with Crippen LogP contribution in [0.5, 0.6) is 0 Å². The average Bonchev–Trinajstić information content (AvgIpc) is 3.15. The molecule has 30 heavy (non-hydrogen) atoms. The van der Waals surface area contributed by atoms with Gasteiger partial charge >= 0.3 is 5.97 Å². The Morgan fingerprint density at radius 2 is 1.23 bits per heavy atom. The molecular formula is C27H43NO2. The van der Waals surface area contributed by atoms with E-state index in [1.54, 1.807) is 12.1 Å². The van der Waals surface area contributed by atoms with Gasteiger partial charge in [0, 0.05) is 11.2 Å². The molecule has 1 aromatic heterocycles. The number of nitrogens with one attached hydrogen (secondary N) is 1. The standard InChI is InChI=1S/C27H43NO2/c1-2-3-4-5-6-7-8-9-10-11-12-13-14-15-16-17-18-25-21-23-19-20-24(27(29)30)22-26(23)28-25/h19-22,28H,2-18H2,1H3,(H,29,30). The van der Waals surface area contributed by atoms with Gasteiger partial charge in [-0.2, -0.15) is 0 Å². The van der Waals surface area contributed by atoms with Crippen molar-refractivity contribution in [3.8, 4) is 0 Å². The summed E-state index contributed by atoms with van der Waals surface area (Å²) >= 11 is 0. The lowest BCUT2D eigenvalue weighted by Crippen LogP contribution is -1.94. The maximum absolute atomic E-state index is 11.1. The first-order chi connectivity index (χ1) is 14.7. The highest BCUT2D eigenvalue weighted by Crippen LogP contribution is 2.19. The fourth-order valence-corrected chi connectivity index (χ4v) is 4.32. The highest BCUT2D eigenvalue weighted by molar-refractivity contribution is 5.93. The molecule has 2 rings (SSSR count). The van der Waals surface area contributed by atoms with Crippen molar-refractivity contribution < 1.29 is 9.90 Å². The largest absolute Gasteiger partial charge is 0.478 e. The van der Waals surface area contributed by atoms with Crippen LogP contribution in [0.3, 0.4) is 0 Å². The number of aromatic amines is 1. The highest BCUT2D eigenvalue weighted by atomic mass is 16.4. The van der Waals surface area contributed by atoms with Gasteiger partial charge in [-0.25, -0.2) is 4.79 Å². The minimum Gasteiger partial charge on any atom is -0.478 e. The maximum Gasteiger partial charge on any atom is 0.335 e. The van der Waals surface area contributed by atoms with E-state index in [1.807, 2.05) is 6.07 Å². The molecule has 3 nitrogen and oxygen atoms in total. The smallest absolute Gasteiger partial charge is 0.335 e. The van der Waals surface area contributed by atoms with Crippen LogP contribution in [0.15, 0.2) is 24.3 Å². The molecule has 0 radical (unpaired) electrons. The van der Waals surface area contributed by atoms with E-state index in [9.17, 15) is 4.79 Å². The third-order valence-corrected chi connectivity index (χ3v) is 6.22. The number of carbonyl (C=O) groups is 1. The molecule has 0 saturated heterocycles. The van der Waals surface area contributed by atoms with Gasteiger partial charge < -0.3 is 10.1 Å². The van der Waals surface area contributed by atoms with Gasteiger partial charge in [0.15, 0.2) is 0 Å². The van der Waals surface area contributed by atoms with Crippen molar-refractivity contribution in [2.75, 3.05) is 0 Å². The first-order valence-electron chi connectivity index (χ1n) is 12.6. The Morgan fingerprint density at radius 3 is 1.73 bits per heavy atom. The van der Waals surface area contributed by atoms with Crippen LogP contribution < -0.4 is 0 Å². The molecule has 3 heteroatoms. The Labute approximate surface area is 183 Å². The monoisotopic (exact) mass is 413 g/mol. The summed E-state index contributed by atoms with van der Waals surface area (Å²) in [6, 6.07) is 7.46. The third-order valence-electron chi connectivity index (χ3n) is 6.22. The Bertz CT molecular complexity index is 719. The molecule has 168 valence electrons. The summed E-state index contributed by atoms with van der Waals surface area (Å²) in [4.78, 5) is 14.5. The molecule has 0 aliphatic rings. The van der Waals surface area contributed by atoms with Crippen LogP contribution in [0.4, 0.5) is 0 Å². The Morgan fingerprint density at radius 1 is 0.733 bits per heavy atom. The van der Waals surface area contributed by atoms with Gasteiger partial charge in [0.25, 0.3) is 0 Å². The predicted octanol–water partition coefficient (Wildman–Crippen LogP) is 8.67. The number of H-pyrrole nitrogens is 1. The summed E-state index contributed by atoms with van der Waals surface area (Å²) in [5.74, 6) is -0.870. The van der Waals surface area contributed by atoms with E-state index < -0.39 is 5.97 Å². The van der Waals surface area contributed by atoms with E-state index >= 15 is 0 Å². The lowest BCUT2D eigenvalue weighted by atomic mass is 10.0. The van der Waals surface area contributed by atoms with Crippen molar-refractivity contribution >= 4 is 16.9 Å². The van der Waals surface area contributed by atoms with Crippen LogP contribution in [0.25, 0.3) is 10.9 Å². The average molecular weight is 414 g/mol. The molecule has 0 amide bonds. The topological polar surface area (TPSA) is 53.1 Å². The molecule has 0 aliphatic heterocycles. The normalized spacial score (nSPS) is 11.4. The zero-order chi connectivity index (χ0) is 21.4. The molecule has 0 fully saturated rings. The van der Waals surface area contributed by atoms with Crippen molar-refractivity contribution in [1.29, 1.82) is 0 Å². The zero-order valence-electron chi connectivity index (χ0n) is 19.2. The van der Waals surface area contributed by atoms with E-state index in [-0.39, 0.29) is 0 Å². The molecule has 0 saturated carbocycles. The second-order valence-electron chi connectivity index (χ2n) is 8.96. The van der Waals surface area contributed by atoms with Gasteiger partial charge in [0.1, 0.15) is 0 Å². The van der Waals surface area contributed by atoms with Crippen LogP contribution >= 0.6 is 0 Å². The molecule has 1 aromatic carbocycles. The second kappa shape index (κ2) is 15.1. The predicted molar refractivity (Wildman–Crippen MR) is 129 cm³/mol. The van der Waals surface area contributed by atoms with Gasteiger partial charge in [-0.1, -0.05) is 109 Å². The van der Waals surface area contributed by atoms with Crippen molar-refractivity contribution in [1.82, 2.24) is 4.98 Å². The van der Waals surface area contributed by atoms with Crippen LogP contribution in [0.2, 0.25) is 0 Å². The van der Waals surface area contributed by atoms with Gasteiger partial charge in [0.2, 0.25) is 0 Å². The summed E-state index contributed by atoms with van der Waals surface area (Å²) in [5, 5.41) is 10.2. The summed E-state index contributed by atoms with van der Waals surface area (Å²) < 4.78 is 0. The molecule has 0 unspecified atom stereocenters. The SMILES string of the molecule is CCCCCCCCCCCCCCCCCCc1cc2ccc(C(=O)O)cc2[nH]1. The van der Waals surface area contributed by atoms with Crippen LogP contribution in [0, 0.1) is 0 Å². The van der Waals surface area contributed by atoms with Crippen LogP contribution in [-0.4, -0.2) is 16.1 Å². The molecule has 1 heterocycles. The number of hydrogen-bond acceptors (Lipinski definition) is 1. The number of unbranched alkanes of at least 4 members (excludes halogenated alkanes) is 15. The number of carboxylic acid groups (broad SMARTS) is 1. The highest BCUT2D eigenvalue weighted by Gasteiger charge is 2.06. The quantitative estimate of drug-likeness (QED) is 0.240. The van der Waals surface area contributed by atoms with Crippen molar-refractivity contribution in [2.45, 2.75) is 116 Å². The van der Waals surface area contributed by atoms with E-state index in [0.29, 0.717) is 5.56 Å². The molecule has 0 spiro atoms.